The molecule has 1 aromatic heterocycles. The van der Waals surface area contributed by atoms with Crippen molar-refractivity contribution in [3.63, 3.8) is 0 Å². The van der Waals surface area contributed by atoms with Gasteiger partial charge in [-0.3, -0.25) is 4.72 Å². The molecule has 0 atom stereocenters. The van der Waals surface area contributed by atoms with E-state index < -0.39 is 28.3 Å². The summed E-state index contributed by atoms with van der Waals surface area (Å²) < 4.78 is 40.0. The van der Waals surface area contributed by atoms with Gasteiger partial charge in [0.05, 0.1) is 21.8 Å². The van der Waals surface area contributed by atoms with E-state index >= 15 is 0 Å². The van der Waals surface area contributed by atoms with Gasteiger partial charge in [-0.05, 0) is 45.9 Å². The summed E-state index contributed by atoms with van der Waals surface area (Å²) in [4.78, 5) is 4.49. The van der Waals surface area contributed by atoms with Gasteiger partial charge in [-0.1, -0.05) is 18.2 Å². The second kappa shape index (κ2) is 6.81. The molecule has 2 N–H and O–H groups in total. The molecular formula is C18H24BN3O4S. The standard InChI is InChI=1S/C18H24BN3O4S/c1-17(2)18(3,4)26-19(25-17)13-11-15(16(20-5)21-12-13)22-27(23,24)14-9-7-6-8-10-14/h6-12,22H,1-5H3,(H,20,21). The van der Waals surface area contributed by atoms with Crippen molar-refractivity contribution in [3.05, 3.63) is 42.6 Å². The topological polar surface area (TPSA) is 89.6 Å². The van der Waals surface area contributed by atoms with Crippen LogP contribution in [0.2, 0.25) is 0 Å². The molecule has 2 aromatic rings. The highest BCUT2D eigenvalue weighted by atomic mass is 32.2. The minimum atomic E-state index is -3.74. The molecule has 1 saturated heterocycles. The van der Waals surface area contributed by atoms with E-state index in [2.05, 4.69) is 15.0 Å². The highest BCUT2D eigenvalue weighted by molar-refractivity contribution is 7.92. The number of sulfonamides is 1. The summed E-state index contributed by atoms with van der Waals surface area (Å²) >= 11 is 0. The summed E-state index contributed by atoms with van der Waals surface area (Å²) in [5.74, 6) is 0.412. The van der Waals surface area contributed by atoms with Gasteiger partial charge in [0, 0.05) is 18.7 Å². The Morgan fingerprint density at radius 1 is 1.04 bits per heavy atom. The largest absolute Gasteiger partial charge is 0.496 e. The van der Waals surface area contributed by atoms with Crippen molar-refractivity contribution >= 4 is 34.1 Å². The van der Waals surface area contributed by atoms with E-state index in [1.807, 2.05) is 27.7 Å². The van der Waals surface area contributed by atoms with Gasteiger partial charge in [-0.15, -0.1) is 0 Å². The van der Waals surface area contributed by atoms with E-state index in [-0.39, 0.29) is 4.90 Å². The Balaban J connectivity index is 1.94. The summed E-state index contributed by atoms with van der Waals surface area (Å²) in [5.41, 5.74) is -0.0292. The van der Waals surface area contributed by atoms with Crippen LogP contribution in [0, 0.1) is 0 Å². The molecule has 0 amide bonds. The highest BCUT2D eigenvalue weighted by Gasteiger charge is 2.52. The molecule has 1 aliphatic rings. The van der Waals surface area contributed by atoms with Gasteiger partial charge in [0.25, 0.3) is 10.0 Å². The molecule has 0 unspecified atom stereocenters. The molecule has 0 spiro atoms. The first kappa shape index (κ1) is 19.7. The fraction of sp³-hybridized carbons (Fsp3) is 0.389. The second-order valence-corrected chi connectivity index (χ2v) is 9.10. The van der Waals surface area contributed by atoms with Gasteiger partial charge in [-0.25, -0.2) is 13.4 Å². The first-order valence-electron chi connectivity index (χ1n) is 8.67. The first-order chi connectivity index (χ1) is 12.6. The first-order valence-corrected chi connectivity index (χ1v) is 10.2. The number of pyridine rings is 1. The lowest BCUT2D eigenvalue weighted by atomic mass is 9.80. The zero-order valence-corrected chi connectivity index (χ0v) is 16.9. The Morgan fingerprint density at radius 3 is 2.19 bits per heavy atom. The van der Waals surface area contributed by atoms with E-state index in [1.165, 1.54) is 12.1 Å². The quantitative estimate of drug-likeness (QED) is 0.763. The van der Waals surface area contributed by atoms with Crippen LogP contribution in [0.1, 0.15) is 27.7 Å². The molecule has 0 saturated carbocycles. The molecule has 0 aliphatic carbocycles. The van der Waals surface area contributed by atoms with Crippen molar-refractivity contribution in [3.8, 4) is 0 Å². The summed E-state index contributed by atoms with van der Waals surface area (Å²) in [6.45, 7) is 7.84. The molecule has 1 aliphatic heterocycles. The van der Waals surface area contributed by atoms with Crippen molar-refractivity contribution in [1.29, 1.82) is 0 Å². The lowest BCUT2D eigenvalue weighted by Crippen LogP contribution is -2.41. The number of aromatic nitrogens is 1. The van der Waals surface area contributed by atoms with Crippen LogP contribution in [-0.2, 0) is 19.3 Å². The van der Waals surface area contributed by atoms with Crippen molar-refractivity contribution < 1.29 is 17.7 Å². The van der Waals surface area contributed by atoms with E-state index in [0.717, 1.165) is 0 Å². The van der Waals surface area contributed by atoms with Crippen LogP contribution in [0.15, 0.2) is 47.5 Å². The molecule has 144 valence electrons. The number of anilines is 2. The van der Waals surface area contributed by atoms with Crippen molar-refractivity contribution in [1.82, 2.24) is 4.98 Å². The van der Waals surface area contributed by atoms with Crippen LogP contribution in [0.4, 0.5) is 11.5 Å². The zero-order chi connectivity index (χ0) is 19.9. The smallest absolute Gasteiger partial charge is 0.399 e. The van der Waals surface area contributed by atoms with Gasteiger partial charge in [0.1, 0.15) is 5.82 Å². The molecule has 0 radical (unpaired) electrons. The summed E-state index contributed by atoms with van der Waals surface area (Å²) in [6.07, 6.45) is 1.62. The van der Waals surface area contributed by atoms with Gasteiger partial charge < -0.3 is 14.6 Å². The van der Waals surface area contributed by atoms with Gasteiger partial charge in [0.2, 0.25) is 0 Å². The molecule has 7 nitrogen and oxygen atoms in total. The number of nitrogens with zero attached hydrogens (tertiary/aromatic N) is 1. The van der Waals surface area contributed by atoms with Crippen molar-refractivity contribution in [2.75, 3.05) is 17.1 Å². The molecule has 3 rings (SSSR count). The minimum Gasteiger partial charge on any atom is -0.399 e. The lowest BCUT2D eigenvalue weighted by molar-refractivity contribution is 0.00578. The molecule has 0 bridgehead atoms. The third-order valence-corrected chi connectivity index (χ3v) is 6.35. The molecule has 1 aromatic carbocycles. The lowest BCUT2D eigenvalue weighted by Gasteiger charge is -2.32. The summed E-state index contributed by atoms with van der Waals surface area (Å²) in [5, 5.41) is 2.90. The van der Waals surface area contributed by atoms with E-state index in [9.17, 15) is 8.42 Å². The van der Waals surface area contributed by atoms with Crippen molar-refractivity contribution in [2.45, 2.75) is 43.8 Å². The Labute approximate surface area is 160 Å². The van der Waals surface area contributed by atoms with E-state index in [0.29, 0.717) is 17.0 Å². The predicted molar refractivity (Wildman–Crippen MR) is 107 cm³/mol. The average molecular weight is 389 g/mol. The number of hydrogen-bond acceptors (Lipinski definition) is 6. The molecule has 27 heavy (non-hydrogen) atoms. The van der Waals surface area contributed by atoms with Gasteiger partial charge in [0.15, 0.2) is 0 Å². The minimum absolute atomic E-state index is 0.174. The fourth-order valence-corrected chi connectivity index (χ4v) is 3.75. The number of nitrogens with one attached hydrogen (secondary N) is 2. The van der Waals surface area contributed by atoms with Gasteiger partial charge >= 0.3 is 7.12 Å². The van der Waals surface area contributed by atoms with Crippen molar-refractivity contribution in [2.24, 2.45) is 0 Å². The summed E-state index contributed by atoms with van der Waals surface area (Å²) in [6, 6.07) is 9.86. The van der Waals surface area contributed by atoms with E-state index in [4.69, 9.17) is 9.31 Å². The summed E-state index contributed by atoms with van der Waals surface area (Å²) in [7, 11) is -2.70. The Hall–Kier alpha value is -2.10. The Kier molecular flexibility index (Phi) is 4.96. The fourth-order valence-electron chi connectivity index (χ4n) is 2.67. The van der Waals surface area contributed by atoms with Crippen LogP contribution in [0.25, 0.3) is 0 Å². The van der Waals surface area contributed by atoms with Crippen LogP contribution < -0.4 is 15.5 Å². The predicted octanol–water partition coefficient (Wildman–Crippen LogP) is 2.22. The Bertz CT molecular complexity index is 917. The maximum absolute atomic E-state index is 12.7. The maximum atomic E-state index is 12.7. The zero-order valence-electron chi connectivity index (χ0n) is 16.1. The third-order valence-electron chi connectivity index (χ3n) is 4.97. The molecular weight excluding hydrogens is 365 g/mol. The molecule has 9 heteroatoms. The van der Waals surface area contributed by atoms with Crippen LogP contribution in [0.5, 0.6) is 0 Å². The second-order valence-electron chi connectivity index (χ2n) is 7.42. The van der Waals surface area contributed by atoms with E-state index in [1.54, 1.807) is 37.5 Å². The van der Waals surface area contributed by atoms with Gasteiger partial charge in [-0.2, -0.15) is 0 Å². The normalized spacial score (nSPS) is 18.3. The van der Waals surface area contributed by atoms with Crippen LogP contribution in [-0.4, -0.2) is 38.8 Å². The van der Waals surface area contributed by atoms with Crippen LogP contribution >= 0.6 is 0 Å². The number of hydrogen-bond donors (Lipinski definition) is 2. The highest BCUT2D eigenvalue weighted by Crippen LogP contribution is 2.36. The number of benzene rings is 1. The van der Waals surface area contributed by atoms with Crippen LogP contribution in [0.3, 0.4) is 0 Å². The average Bonchev–Trinajstić information content (AvgIpc) is 2.83. The molecule has 1 fully saturated rings. The monoisotopic (exact) mass is 389 g/mol. The molecule has 2 heterocycles. The Morgan fingerprint density at radius 2 is 1.63 bits per heavy atom. The SMILES string of the molecule is CNc1ncc(B2OC(C)(C)C(C)(C)O2)cc1NS(=O)(=O)c1ccccc1. The number of rotatable bonds is 5. The maximum Gasteiger partial charge on any atom is 0.496 e. The third kappa shape index (κ3) is 3.80.